The van der Waals surface area contributed by atoms with E-state index in [0.717, 1.165) is 12.6 Å². The summed E-state index contributed by atoms with van der Waals surface area (Å²) in [6.45, 7) is 3.32. The molecular weight excluding hydrogens is 196 g/mol. The van der Waals surface area contributed by atoms with E-state index < -0.39 is 0 Å². The molecule has 88 valence electrons. The number of benzene rings is 1. The second-order valence-electron chi connectivity index (χ2n) is 4.63. The molecule has 0 heterocycles. The van der Waals surface area contributed by atoms with E-state index in [1.54, 1.807) is 0 Å². The van der Waals surface area contributed by atoms with Gasteiger partial charge >= 0.3 is 0 Å². The van der Waals surface area contributed by atoms with Gasteiger partial charge in [0.2, 0.25) is 0 Å². The van der Waals surface area contributed by atoms with Crippen molar-refractivity contribution in [2.24, 2.45) is 0 Å². The zero-order chi connectivity index (χ0) is 11.2. The highest BCUT2D eigenvalue weighted by Crippen LogP contribution is 2.25. The largest absolute Gasteiger partial charge is 0.385 e. The van der Waals surface area contributed by atoms with Gasteiger partial charge in [-0.3, -0.25) is 0 Å². The molecular formula is C14H22N2. The standard InChI is InChI=1S/C14H22N2/c1-2-3-4-10-15-13-6-5-7-14(11-13)16-12-8-9-12/h5-7,11-12,15-16H,2-4,8-10H2,1H3. The van der Waals surface area contributed by atoms with Crippen LogP contribution in [0.3, 0.4) is 0 Å². The highest BCUT2D eigenvalue weighted by molar-refractivity contribution is 5.57. The molecule has 0 saturated heterocycles. The maximum atomic E-state index is 3.52. The first-order valence-electron chi connectivity index (χ1n) is 6.49. The molecule has 1 fully saturated rings. The molecule has 0 radical (unpaired) electrons. The molecule has 1 aromatic carbocycles. The van der Waals surface area contributed by atoms with Crippen LogP contribution in [0.4, 0.5) is 11.4 Å². The van der Waals surface area contributed by atoms with E-state index in [9.17, 15) is 0 Å². The lowest BCUT2D eigenvalue weighted by Crippen LogP contribution is -2.03. The van der Waals surface area contributed by atoms with E-state index in [1.807, 2.05) is 0 Å². The molecule has 0 aromatic heterocycles. The fourth-order valence-corrected chi connectivity index (χ4v) is 1.79. The minimum absolute atomic E-state index is 0.732. The molecule has 1 aromatic rings. The average Bonchev–Trinajstić information content (AvgIpc) is 3.09. The summed E-state index contributed by atoms with van der Waals surface area (Å²) in [4.78, 5) is 0. The van der Waals surface area contributed by atoms with E-state index in [-0.39, 0.29) is 0 Å². The third-order valence-electron chi connectivity index (χ3n) is 2.92. The number of hydrogen-bond donors (Lipinski definition) is 2. The van der Waals surface area contributed by atoms with Crippen LogP contribution >= 0.6 is 0 Å². The monoisotopic (exact) mass is 218 g/mol. The zero-order valence-corrected chi connectivity index (χ0v) is 10.1. The van der Waals surface area contributed by atoms with E-state index in [4.69, 9.17) is 0 Å². The molecule has 0 aliphatic heterocycles. The fourth-order valence-electron chi connectivity index (χ4n) is 1.79. The van der Waals surface area contributed by atoms with Gasteiger partial charge in [-0.05, 0) is 37.5 Å². The highest BCUT2D eigenvalue weighted by Gasteiger charge is 2.20. The van der Waals surface area contributed by atoms with Crippen LogP contribution in [0, 0.1) is 0 Å². The lowest BCUT2D eigenvalue weighted by atomic mass is 10.2. The van der Waals surface area contributed by atoms with Crippen LogP contribution in [-0.4, -0.2) is 12.6 Å². The van der Waals surface area contributed by atoms with Gasteiger partial charge in [0.25, 0.3) is 0 Å². The number of rotatable bonds is 7. The molecule has 2 heteroatoms. The molecule has 1 aliphatic rings. The number of hydrogen-bond acceptors (Lipinski definition) is 2. The Labute approximate surface area is 98.4 Å². The smallest absolute Gasteiger partial charge is 0.0363 e. The van der Waals surface area contributed by atoms with Gasteiger partial charge in [-0.25, -0.2) is 0 Å². The molecule has 0 bridgehead atoms. The number of unbranched alkanes of at least 4 members (excludes halogenated alkanes) is 2. The number of anilines is 2. The molecule has 0 spiro atoms. The van der Waals surface area contributed by atoms with Gasteiger partial charge in [0.15, 0.2) is 0 Å². The fraction of sp³-hybridized carbons (Fsp3) is 0.571. The SMILES string of the molecule is CCCCCNc1cccc(NC2CC2)c1. The first-order chi connectivity index (χ1) is 7.88. The van der Waals surface area contributed by atoms with Crippen LogP contribution in [0.1, 0.15) is 39.0 Å². The van der Waals surface area contributed by atoms with Crippen molar-refractivity contribution in [3.8, 4) is 0 Å². The van der Waals surface area contributed by atoms with Crippen molar-refractivity contribution in [2.75, 3.05) is 17.2 Å². The van der Waals surface area contributed by atoms with Gasteiger partial charge in [-0.15, -0.1) is 0 Å². The van der Waals surface area contributed by atoms with Gasteiger partial charge in [0, 0.05) is 24.0 Å². The number of nitrogens with one attached hydrogen (secondary N) is 2. The van der Waals surface area contributed by atoms with Crippen LogP contribution in [0.15, 0.2) is 24.3 Å². The predicted octanol–water partition coefficient (Wildman–Crippen LogP) is 3.86. The Kier molecular flexibility index (Phi) is 4.09. The van der Waals surface area contributed by atoms with Gasteiger partial charge in [0.1, 0.15) is 0 Å². The van der Waals surface area contributed by atoms with Crippen molar-refractivity contribution in [3.63, 3.8) is 0 Å². The van der Waals surface area contributed by atoms with Gasteiger partial charge in [-0.1, -0.05) is 25.8 Å². The average molecular weight is 218 g/mol. The lowest BCUT2D eigenvalue weighted by Gasteiger charge is -2.09. The van der Waals surface area contributed by atoms with Crippen molar-refractivity contribution >= 4 is 11.4 Å². The highest BCUT2D eigenvalue weighted by atomic mass is 15.0. The maximum absolute atomic E-state index is 3.52. The van der Waals surface area contributed by atoms with Crippen LogP contribution in [-0.2, 0) is 0 Å². The van der Waals surface area contributed by atoms with Crippen molar-refractivity contribution in [3.05, 3.63) is 24.3 Å². The molecule has 0 amide bonds. The Hall–Kier alpha value is -1.18. The maximum Gasteiger partial charge on any atom is 0.0363 e. The Balaban J connectivity index is 1.78. The minimum Gasteiger partial charge on any atom is -0.385 e. The summed E-state index contributed by atoms with van der Waals surface area (Å²) in [7, 11) is 0. The second-order valence-corrected chi connectivity index (χ2v) is 4.63. The topological polar surface area (TPSA) is 24.1 Å². The Bertz CT molecular complexity index is 318. The Morgan fingerprint density at radius 3 is 2.75 bits per heavy atom. The van der Waals surface area contributed by atoms with E-state index >= 15 is 0 Å². The normalized spacial score (nSPS) is 14.8. The van der Waals surface area contributed by atoms with Crippen molar-refractivity contribution in [1.29, 1.82) is 0 Å². The van der Waals surface area contributed by atoms with Crippen LogP contribution in [0.5, 0.6) is 0 Å². The van der Waals surface area contributed by atoms with Gasteiger partial charge in [0.05, 0.1) is 0 Å². The van der Waals surface area contributed by atoms with E-state index in [0.29, 0.717) is 0 Å². The van der Waals surface area contributed by atoms with Crippen molar-refractivity contribution in [2.45, 2.75) is 45.1 Å². The molecule has 0 unspecified atom stereocenters. The summed E-state index contributed by atoms with van der Waals surface area (Å²) in [5.74, 6) is 0. The molecule has 1 saturated carbocycles. The quantitative estimate of drug-likeness (QED) is 0.679. The summed E-state index contributed by atoms with van der Waals surface area (Å²) >= 11 is 0. The predicted molar refractivity (Wildman–Crippen MR) is 71.1 cm³/mol. The summed E-state index contributed by atoms with van der Waals surface area (Å²) in [6, 6.07) is 9.35. The summed E-state index contributed by atoms with van der Waals surface area (Å²) in [6.07, 6.45) is 6.51. The minimum atomic E-state index is 0.732. The molecule has 0 atom stereocenters. The summed E-state index contributed by atoms with van der Waals surface area (Å²) in [5, 5.41) is 6.99. The third kappa shape index (κ3) is 3.76. The Morgan fingerprint density at radius 1 is 1.19 bits per heavy atom. The molecule has 1 aliphatic carbocycles. The second kappa shape index (κ2) is 5.78. The molecule has 2 N–H and O–H groups in total. The van der Waals surface area contributed by atoms with Crippen molar-refractivity contribution < 1.29 is 0 Å². The molecule has 16 heavy (non-hydrogen) atoms. The summed E-state index contributed by atoms with van der Waals surface area (Å²) < 4.78 is 0. The zero-order valence-electron chi connectivity index (χ0n) is 10.1. The first-order valence-corrected chi connectivity index (χ1v) is 6.49. The third-order valence-corrected chi connectivity index (χ3v) is 2.92. The Morgan fingerprint density at radius 2 is 2.00 bits per heavy atom. The lowest BCUT2D eigenvalue weighted by molar-refractivity contribution is 0.744. The molecule has 2 nitrogen and oxygen atoms in total. The van der Waals surface area contributed by atoms with Crippen molar-refractivity contribution in [1.82, 2.24) is 0 Å². The van der Waals surface area contributed by atoms with E-state index in [1.165, 1.54) is 43.5 Å². The van der Waals surface area contributed by atoms with E-state index in [2.05, 4.69) is 41.8 Å². The molecule has 2 rings (SSSR count). The van der Waals surface area contributed by atoms with Crippen LogP contribution in [0.2, 0.25) is 0 Å². The van der Waals surface area contributed by atoms with Crippen LogP contribution < -0.4 is 10.6 Å². The first kappa shape index (κ1) is 11.3. The van der Waals surface area contributed by atoms with Gasteiger partial charge in [-0.2, -0.15) is 0 Å². The van der Waals surface area contributed by atoms with Crippen LogP contribution in [0.25, 0.3) is 0 Å². The summed E-state index contributed by atoms with van der Waals surface area (Å²) in [5.41, 5.74) is 2.49. The van der Waals surface area contributed by atoms with Gasteiger partial charge < -0.3 is 10.6 Å².